The molecule has 0 amide bonds. The monoisotopic (exact) mass is 632 g/mol. The quantitative estimate of drug-likeness (QED) is 0.275. The van der Waals surface area contributed by atoms with Gasteiger partial charge in [0.2, 0.25) is 5.95 Å². The Morgan fingerprint density at radius 3 is 2.29 bits per heavy atom. The van der Waals surface area contributed by atoms with E-state index in [0.29, 0.717) is 42.0 Å². The Hall–Kier alpha value is -1.98. The lowest BCUT2D eigenvalue weighted by atomic mass is 9.90. The minimum atomic E-state index is -0.530. The molecule has 2 aliphatic carbocycles. The van der Waals surface area contributed by atoms with Gasteiger partial charge in [-0.1, -0.05) is 18.9 Å². The fourth-order valence-corrected chi connectivity index (χ4v) is 6.35. The zero-order valence-corrected chi connectivity index (χ0v) is 25.6. The maximum Gasteiger partial charge on any atom is 0.227 e. The summed E-state index contributed by atoms with van der Waals surface area (Å²) in [5.41, 5.74) is 11.9. The zero-order chi connectivity index (χ0) is 26.1. The van der Waals surface area contributed by atoms with Gasteiger partial charge in [0.05, 0.1) is 6.33 Å². The smallest absolute Gasteiger partial charge is 0.227 e. The molecule has 3 aromatic rings. The minimum Gasteiger partial charge on any atom is -0.351 e. The van der Waals surface area contributed by atoms with Crippen LogP contribution < -0.4 is 16.5 Å². The first-order valence-corrected chi connectivity index (χ1v) is 14.2. The Balaban J connectivity index is 0.00000154. The third kappa shape index (κ3) is 7.90. The number of nitrogens with zero attached hydrogens (tertiary/aromatic N) is 5. The van der Waals surface area contributed by atoms with Crippen molar-refractivity contribution in [2.75, 3.05) is 23.8 Å². The van der Waals surface area contributed by atoms with Gasteiger partial charge < -0.3 is 21.0 Å². The molecule has 6 rings (SSSR count). The van der Waals surface area contributed by atoms with Crippen LogP contribution in [0.15, 0.2) is 24.5 Å². The van der Waals surface area contributed by atoms with Crippen molar-refractivity contribution in [2.24, 2.45) is 11.7 Å². The van der Waals surface area contributed by atoms with Gasteiger partial charge in [-0.25, -0.2) is 18.8 Å². The number of halogens is 5. The van der Waals surface area contributed by atoms with Crippen LogP contribution in [-0.4, -0.2) is 49.7 Å². The van der Waals surface area contributed by atoms with Gasteiger partial charge in [0.1, 0.15) is 11.6 Å². The lowest BCUT2D eigenvalue weighted by molar-refractivity contribution is 0.215. The highest BCUT2D eigenvalue weighted by Crippen LogP contribution is 2.34. The Kier molecular flexibility index (Phi) is 12.2. The van der Waals surface area contributed by atoms with E-state index in [4.69, 9.17) is 20.7 Å². The van der Waals surface area contributed by atoms with Crippen molar-refractivity contribution in [3.05, 3.63) is 41.7 Å². The summed E-state index contributed by atoms with van der Waals surface area (Å²) < 4.78 is 29.7. The molecular weight excluding hydrogens is 593 g/mol. The van der Waals surface area contributed by atoms with Crippen LogP contribution in [0, 0.1) is 17.6 Å². The van der Waals surface area contributed by atoms with Crippen LogP contribution in [0.5, 0.6) is 0 Å². The molecule has 2 aromatic heterocycles. The second kappa shape index (κ2) is 15.0. The molecule has 228 valence electrons. The first-order chi connectivity index (χ1) is 18.5. The first-order valence-electron chi connectivity index (χ1n) is 14.2. The highest BCUT2D eigenvalue weighted by atomic mass is 35.5. The molecule has 3 heterocycles. The molecule has 0 spiro atoms. The number of hydrogen-bond acceptors (Lipinski definition) is 7. The summed E-state index contributed by atoms with van der Waals surface area (Å²) in [6, 6.07) is 4.94. The van der Waals surface area contributed by atoms with Crippen molar-refractivity contribution in [1.29, 1.82) is 0 Å². The summed E-state index contributed by atoms with van der Waals surface area (Å²) in [6.07, 6.45) is 13.3. The minimum absolute atomic E-state index is 0. The average molecular weight is 634 g/mol. The van der Waals surface area contributed by atoms with Crippen molar-refractivity contribution in [3.8, 4) is 0 Å². The molecule has 1 aromatic carbocycles. The average Bonchev–Trinajstić information content (AvgIpc) is 3.58. The van der Waals surface area contributed by atoms with Crippen molar-refractivity contribution in [1.82, 2.24) is 24.5 Å². The molecule has 41 heavy (non-hydrogen) atoms. The SMILES string of the molecule is Cl.Cl.Cl.NC1CCC(Nc2nc(NN3CCC(Cc4ccc(F)cc4F)CC3)c3ncn(C4CCCC4)c3n2)CC1. The van der Waals surface area contributed by atoms with E-state index in [9.17, 15) is 8.78 Å². The van der Waals surface area contributed by atoms with Crippen molar-refractivity contribution in [3.63, 3.8) is 0 Å². The van der Waals surface area contributed by atoms with Crippen LogP contribution >= 0.6 is 37.2 Å². The highest BCUT2D eigenvalue weighted by Gasteiger charge is 2.26. The van der Waals surface area contributed by atoms with Gasteiger partial charge in [-0.2, -0.15) is 9.97 Å². The number of rotatable bonds is 7. The molecule has 0 atom stereocenters. The van der Waals surface area contributed by atoms with Crippen LogP contribution in [0.4, 0.5) is 20.5 Å². The lowest BCUT2D eigenvalue weighted by Crippen LogP contribution is -2.39. The summed E-state index contributed by atoms with van der Waals surface area (Å²) in [6.45, 7) is 1.62. The number of piperidine rings is 1. The Morgan fingerprint density at radius 1 is 0.902 bits per heavy atom. The number of fused-ring (bicyclic) bond motifs is 1. The molecule has 1 saturated heterocycles. The third-order valence-electron chi connectivity index (χ3n) is 8.65. The van der Waals surface area contributed by atoms with Crippen LogP contribution in [0.25, 0.3) is 11.2 Å². The molecule has 4 N–H and O–H groups in total. The molecule has 1 aliphatic heterocycles. The lowest BCUT2D eigenvalue weighted by Gasteiger charge is -2.32. The largest absolute Gasteiger partial charge is 0.351 e. The number of nitrogens with two attached hydrogens (primary N) is 1. The van der Waals surface area contributed by atoms with Crippen LogP contribution in [0.3, 0.4) is 0 Å². The number of aromatic nitrogens is 4. The number of hydrogen-bond donors (Lipinski definition) is 3. The zero-order valence-electron chi connectivity index (χ0n) is 23.1. The Morgan fingerprint density at radius 2 is 1.61 bits per heavy atom. The van der Waals surface area contributed by atoms with Crippen LogP contribution in [0.2, 0.25) is 0 Å². The fraction of sp³-hybridized carbons (Fsp3) is 0.607. The second-order valence-corrected chi connectivity index (χ2v) is 11.4. The van der Waals surface area contributed by atoms with Crippen molar-refractivity contribution < 1.29 is 8.78 Å². The van der Waals surface area contributed by atoms with E-state index in [1.165, 1.54) is 18.9 Å². The van der Waals surface area contributed by atoms with Crippen molar-refractivity contribution in [2.45, 2.75) is 88.8 Å². The normalized spacial score (nSPS) is 22.0. The highest BCUT2D eigenvalue weighted by molar-refractivity contribution is 5.86. The fourth-order valence-electron chi connectivity index (χ4n) is 6.35. The third-order valence-corrected chi connectivity index (χ3v) is 8.65. The van der Waals surface area contributed by atoms with E-state index in [0.717, 1.165) is 87.5 Å². The van der Waals surface area contributed by atoms with Gasteiger partial charge in [-0.05, 0) is 75.3 Å². The summed E-state index contributed by atoms with van der Waals surface area (Å²) in [4.78, 5) is 14.6. The van der Waals surface area contributed by atoms with E-state index in [2.05, 4.69) is 20.3 Å². The van der Waals surface area contributed by atoms with E-state index >= 15 is 0 Å². The van der Waals surface area contributed by atoms with Gasteiger partial charge in [-0.15, -0.1) is 37.2 Å². The predicted octanol–water partition coefficient (Wildman–Crippen LogP) is 6.45. The molecule has 0 bridgehead atoms. The Bertz CT molecular complexity index is 1260. The van der Waals surface area contributed by atoms with Gasteiger partial charge >= 0.3 is 0 Å². The van der Waals surface area contributed by atoms with Crippen molar-refractivity contribution >= 4 is 60.2 Å². The van der Waals surface area contributed by atoms with E-state index < -0.39 is 11.6 Å². The predicted molar refractivity (Wildman–Crippen MR) is 166 cm³/mol. The molecule has 13 heteroatoms. The molecule has 0 radical (unpaired) electrons. The molecular formula is C28H41Cl3F2N8. The summed E-state index contributed by atoms with van der Waals surface area (Å²) in [7, 11) is 0. The van der Waals surface area contributed by atoms with Gasteiger partial charge in [-0.3, -0.25) is 0 Å². The number of imidazole rings is 1. The molecule has 0 unspecified atom stereocenters. The summed E-state index contributed by atoms with van der Waals surface area (Å²) in [5.74, 6) is 0.742. The first kappa shape index (κ1) is 33.5. The maximum absolute atomic E-state index is 14.2. The van der Waals surface area contributed by atoms with E-state index in [1.54, 1.807) is 6.07 Å². The standard InChI is InChI=1S/C28H38F2N8.3ClH/c29-20-6-5-19(24(30)16-20)15-18-11-13-37(14-12-18)36-26-25-27(38(17-32-25)23-3-1-2-4-23)35-28(34-26)33-22-9-7-21(31)8-10-22;;;/h5-6,16-18,21-23H,1-4,7-15,31H2,(H2,33,34,35,36);3*1H. The number of nitrogens with one attached hydrogen (secondary N) is 2. The topological polar surface area (TPSA) is 96.9 Å². The van der Waals surface area contributed by atoms with Gasteiger partial charge in [0, 0.05) is 37.3 Å². The van der Waals surface area contributed by atoms with Crippen LogP contribution in [0.1, 0.15) is 75.8 Å². The van der Waals surface area contributed by atoms with Gasteiger partial charge in [0.25, 0.3) is 0 Å². The molecule has 8 nitrogen and oxygen atoms in total. The number of anilines is 2. The molecule has 3 aliphatic rings. The molecule has 2 saturated carbocycles. The number of hydrazine groups is 1. The van der Waals surface area contributed by atoms with Crippen LogP contribution in [-0.2, 0) is 6.42 Å². The Labute approximate surface area is 258 Å². The van der Waals surface area contributed by atoms with E-state index in [-0.39, 0.29) is 37.2 Å². The summed E-state index contributed by atoms with van der Waals surface area (Å²) >= 11 is 0. The maximum atomic E-state index is 14.2. The molecule has 3 fully saturated rings. The van der Waals surface area contributed by atoms with Gasteiger partial charge in [0.15, 0.2) is 17.0 Å². The number of benzene rings is 1. The second-order valence-electron chi connectivity index (χ2n) is 11.4. The van der Waals surface area contributed by atoms with E-state index in [1.807, 2.05) is 6.33 Å². The summed E-state index contributed by atoms with van der Waals surface area (Å²) in [5, 5.41) is 5.76.